The first kappa shape index (κ1) is 15.3. The van der Waals surface area contributed by atoms with Gasteiger partial charge >= 0.3 is 0 Å². The Labute approximate surface area is 115 Å². The van der Waals surface area contributed by atoms with Gasteiger partial charge in [0.15, 0.2) is 0 Å². The third-order valence-electron chi connectivity index (χ3n) is 3.52. The molecule has 0 aromatic rings. The van der Waals surface area contributed by atoms with Crippen molar-refractivity contribution >= 4 is 23.1 Å². The van der Waals surface area contributed by atoms with Gasteiger partial charge in [0.25, 0.3) is 0 Å². The topological polar surface area (TPSA) is 61.6 Å². The monoisotopic (exact) mass is 272 g/mol. The molecule has 1 heterocycles. The molecule has 104 valence electrons. The molecule has 0 aromatic carbocycles. The van der Waals surface area contributed by atoms with Crippen molar-refractivity contribution in [2.24, 2.45) is 5.73 Å². The highest BCUT2D eigenvalue weighted by molar-refractivity contribution is 7.80. The first-order valence-electron chi connectivity index (χ1n) is 6.51. The highest BCUT2D eigenvalue weighted by Gasteiger charge is 2.21. The molecule has 1 unspecified atom stereocenters. The van der Waals surface area contributed by atoms with Gasteiger partial charge < -0.3 is 16.0 Å². The molecular weight excluding hydrogens is 248 g/mol. The number of rotatable bonds is 6. The van der Waals surface area contributed by atoms with E-state index in [4.69, 9.17) is 18.0 Å². The SMILES string of the molecule is CNC(=O)CCCN1CCN(C(C)C(N)=S)CC1. The van der Waals surface area contributed by atoms with Gasteiger partial charge in [-0.05, 0) is 19.9 Å². The number of thiocarbonyl (C=S) groups is 1. The minimum Gasteiger partial charge on any atom is -0.392 e. The number of nitrogens with one attached hydrogen (secondary N) is 1. The lowest BCUT2D eigenvalue weighted by Gasteiger charge is -2.37. The summed E-state index contributed by atoms with van der Waals surface area (Å²) >= 11 is 5.02. The van der Waals surface area contributed by atoms with Crippen LogP contribution in [0.2, 0.25) is 0 Å². The number of hydrogen-bond donors (Lipinski definition) is 2. The molecule has 1 aliphatic heterocycles. The zero-order valence-corrected chi connectivity index (χ0v) is 12.1. The van der Waals surface area contributed by atoms with E-state index in [0.29, 0.717) is 11.4 Å². The fourth-order valence-corrected chi connectivity index (χ4v) is 2.29. The molecule has 1 rings (SSSR count). The molecule has 1 atom stereocenters. The Morgan fingerprint density at radius 2 is 2.00 bits per heavy atom. The van der Waals surface area contributed by atoms with Gasteiger partial charge in [0.05, 0.1) is 11.0 Å². The van der Waals surface area contributed by atoms with Crippen molar-refractivity contribution in [3.05, 3.63) is 0 Å². The molecule has 1 fully saturated rings. The molecule has 18 heavy (non-hydrogen) atoms. The van der Waals surface area contributed by atoms with Crippen LogP contribution in [0, 0.1) is 0 Å². The first-order valence-corrected chi connectivity index (χ1v) is 6.91. The molecule has 0 spiro atoms. The van der Waals surface area contributed by atoms with Gasteiger partial charge in [-0.15, -0.1) is 0 Å². The summed E-state index contributed by atoms with van der Waals surface area (Å²) in [6.45, 7) is 7.10. The van der Waals surface area contributed by atoms with E-state index in [1.807, 2.05) is 0 Å². The van der Waals surface area contributed by atoms with E-state index >= 15 is 0 Å². The molecule has 1 amide bonds. The summed E-state index contributed by atoms with van der Waals surface area (Å²) in [6, 6.07) is 0.188. The number of piperazine rings is 1. The van der Waals surface area contributed by atoms with Crippen molar-refractivity contribution in [3.63, 3.8) is 0 Å². The van der Waals surface area contributed by atoms with Crippen molar-refractivity contribution in [2.45, 2.75) is 25.8 Å². The molecular formula is C12H24N4OS. The van der Waals surface area contributed by atoms with Gasteiger partial charge in [-0.2, -0.15) is 0 Å². The third kappa shape index (κ3) is 4.88. The number of hydrogen-bond acceptors (Lipinski definition) is 4. The Balaban J connectivity index is 2.19. The maximum Gasteiger partial charge on any atom is 0.219 e. The predicted octanol–water partition coefficient (Wildman–Crippen LogP) is -0.195. The van der Waals surface area contributed by atoms with Crippen molar-refractivity contribution in [1.82, 2.24) is 15.1 Å². The van der Waals surface area contributed by atoms with Crippen LogP contribution in [0.4, 0.5) is 0 Å². The number of nitrogens with zero attached hydrogens (tertiary/aromatic N) is 2. The standard InChI is InChI=1S/C12H24N4OS/c1-10(12(13)18)16-8-6-15(7-9-16)5-3-4-11(17)14-2/h10H,3-9H2,1-2H3,(H2,13,18)(H,14,17). The van der Waals surface area contributed by atoms with E-state index in [0.717, 1.165) is 39.1 Å². The Morgan fingerprint density at radius 1 is 1.39 bits per heavy atom. The zero-order chi connectivity index (χ0) is 13.5. The van der Waals surface area contributed by atoms with E-state index in [9.17, 15) is 4.79 Å². The summed E-state index contributed by atoms with van der Waals surface area (Å²) in [5.41, 5.74) is 5.66. The minimum absolute atomic E-state index is 0.121. The molecule has 0 bridgehead atoms. The number of amides is 1. The molecule has 6 heteroatoms. The van der Waals surface area contributed by atoms with Crippen LogP contribution < -0.4 is 11.1 Å². The number of carbonyl (C=O) groups is 1. The van der Waals surface area contributed by atoms with Crippen molar-refractivity contribution in [3.8, 4) is 0 Å². The van der Waals surface area contributed by atoms with Crippen molar-refractivity contribution in [1.29, 1.82) is 0 Å². The van der Waals surface area contributed by atoms with Gasteiger partial charge in [0.1, 0.15) is 0 Å². The van der Waals surface area contributed by atoms with Crippen LogP contribution in [-0.2, 0) is 4.79 Å². The van der Waals surface area contributed by atoms with E-state index in [1.54, 1.807) is 7.05 Å². The largest absolute Gasteiger partial charge is 0.392 e. The molecule has 0 saturated carbocycles. The van der Waals surface area contributed by atoms with Gasteiger partial charge in [-0.25, -0.2) is 0 Å². The van der Waals surface area contributed by atoms with Gasteiger partial charge in [0, 0.05) is 39.6 Å². The number of nitrogens with two attached hydrogens (primary N) is 1. The van der Waals surface area contributed by atoms with E-state index in [-0.39, 0.29) is 11.9 Å². The average Bonchev–Trinajstić information content (AvgIpc) is 2.38. The normalized spacial score (nSPS) is 19.4. The quantitative estimate of drug-likeness (QED) is 0.656. The van der Waals surface area contributed by atoms with Gasteiger partial charge in [-0.1, -0.05) is 12.2 Å². The lowest BCUT2D eigenvalue weighted by atomic mass is 10.2. The second kappa shape index (κ2) is 7.66. The van der Waals surface area contributed by atoms with Crippen LogP contribution in [0.3, 0.4) is 0 Å². The molecule has 5 nitrogen and oxygen atoms in total. The second-order valence-corrected chi connectivity index (χ2v) is 5.20. The highest BCUT2D eigenvalue weighted by atomic mass is 32.1. The Kier molecular flexibility index (Phi) is 6.52. The fourth-order valence-electron chi connectivity index (χ4n) is 2.14. The molecule has 0 aromatic heterocycles. The molecule has 0 radical (unpaired) electrons. The number of carbonyl (C=O) groups excluding carboxylic acids is 1. The summed E-state index contributed by atoms with van der Waals surface area (Å²) in [7, 11) is 1.68. The van der Waals surface area contributed by atoms with Crippen molar-refractivity contribution < 1.29 is 4.79 Å². The van der Waals surface area contributed by atoms with Crippen LogP contribution >= 0.6 is 12.2 Å². The molecule has 3 N–H and O–H groups in total. The Bertz CT molecular complexity index is 290. The predicted molar refractivity (Wildman–Crippen MR) is 77.6 cm³/mol. The maximum absolute atomic E-state index is 11.1. The van der Waals surface area contributed by atoms with Crippen LogP contribution in [0.1, 0.15) is 19.8 Å². The average molecular weight is 272 g/mol. The minimum atomic E-state index is 0.121. The summed E-state index contributed by atoms with van der Waals surface area (Å²) in [5.74, 6) is 0.121. The lowest BCUT2D eigenvalue weighted by molar-refractivity contribution is -0.120. The van der Waals surface area contributed by atoms with Crippen LogP contribution in [0.15, 0.2) is 0 Å². The third-order valence-corrected chi connectivity index (χ3v) is 3.86. The van der Waals surface area contributed by atoms with Gasteiger partial charge in [0.2, 0.25) is 5.91 Å². The Hall–Kier alpha value is -0.720. The molecule has 1 saturated heterocycles. The Morgan fingerprint density at radius 3 is 2.50 bits per heavy atom. The summed E-state index contributed by atoms with van der Waals surface area (Å²) in [4.78, 5) is 16.4. The molecule has 0 aliphatic carbocycles. The van der Waals surface area contributed by atoms with Crippen LogP contribution in [-0.4, -0.2) is 66.5 Å². The fraction of sp³-hybridized carbons (Fsp3) is 0.833. The maximum atomic E-state index is 11.1. The van der Waals surface area contributed by atoms with Crippen molar-refractivity contribution in [2.75, 3.05) is 39.8 Å². The summed E-state index contributed by atoms with van der Waals surface area (Å²) in [6.07, 6.45) is 1.53. The highest BCUT2D eigenvalue weighted by Crippen LogP contribution is 2.07. The lowest BCUT2D eigenvalue weighted by Crippen LogP contribution is -2.52. The van der Waals surface area contributed by atoms with E-state index < -0.39 is 0 Å². The smallest absolute Gasteiger partial charge is 0.219 e. The zero-order valence-electron chi connectivity index (χ0n) is 11.3. The summed E-state index contributed by atoms with van der Waals surface area (Å²) in [5, 5.41) is 2.64. The first-order chi connectivity index (χ1) is 8.54. The molecule has 1 aliphatic rings. The van der Waals surface area contributed by atoms with Gasteiger partial charge in [-0.3, -0.25) is 9.69 Å². The second-order valence-electron chi connectivity index (χ2n) is 4.73. The van der Waals surface area contributed by atoms with Crippen LogP contribution in [0.25, 0.3) is 0 Å². The summed E-state index contributed by atoms with van der Waals surface area (Å²) < 4.78 is 0. The van der Waals surface area contributed by atoms with E-state index in [1.165, 1.54) is 0 Å². The van der Waals surface area contributed by atoms with E-state index in [2.05, 4.69) is 22.0 Å². The van der Waals surface area contributed by atoms with Crippen LogP contribution in [0.5, 0.6) is 0 Å².